The number of aryl methyl sites for hydroxylation is 1. The van der Waals surface area contributed by atoms with E-state index in [1.54, 1.807) is 19.6 Å². The van der Waals surface area contributed by atoms with Crippen LogP contribution in [-0.2, 0) is 13.1 Å². The Bertz CT molecular complexity index is 991. The Morgan fingerprint density at radius 1 is 1.16 bits per heavy atom. The van der Waals surface area contributed by atoms with Crippen LogP contribution in [0, 0.1) is 6.92 Å². The second kappa shape index (κ2) is 10.1. The smallest absolute Gasteiger partial charge is 0.191 e. The highest BCUT2D eigenvalue weighted by Crippen LogP contribution is 2.27. The summed E-state index contributed by atoms with van der Waals surface area (Å²) in [5.74, 6) is 2.57. The summed E-state index contributed by atoms with van der Waals surface area (Å²) in [4.78, 5) is 12.9. The number of ether oxygens (including phenoxy) is 1. The summed E-state index contributed by atoms with van der Waals surface area (Å²) in [5.41, 5.74) is 3.44. The number of rotatable bonds is 7. The van der Waals surface area contributed by atoms with Crippen LogP contribution in [0.2, 0.25) is 0 Å². The maximum Gasteiger partial charge on any atom is 0.191 e. The molecule has 162 valence electrons. The number of hydrogen-bond acceptors (Lipinski definition) is 4. The Hall–Kier alpha value is -3.35. The van der Waals surface area contributed by atoms with Crippen molar-refractivity contribution < 1.29 is 4.74 Å². The lowest BCUT2D eigenvalue weighted by Gasteiger charge is -2.18. The van der Waals surface area contributed by atoms with Gasteiger partial charge in [0.2, 0.25) is 0 Å². The fourth-order valence-electron chi connectivity index (χ4n) is 3.76. The summed E-state index contributed by atoms with van der Waals surface area (Å²) in [6.45, 7) is 3.39. The first-order valence-electron chi connectivity index (χ1n) is 10.9. The van der Waals surface area contributed by atoms with Crippen molar-refractivity contribution in [1.82, 2.24) is 25.2 Å². The molecule has 4 rings (SSSR count). The Morgan fingerprint density at radius 3 is 2.71 bits per heavy atom. The summed E-state index contributed by atoms with van der Waals surface area (Å²) in [5, 5.41) is 6.75. The van der Waals surface area contributed by atoms with E-state index < -0.39 is 0 Å². The number of benzene rings is 1. The summed E-state index contributed by atoms with van der Waals surface area (Å²) >= 11 is 0. The van der Waals surface area contributed by atoms with Gasteiger partial charge in [0.05, 0.1) is 6.10 Å². The summed E-state index contributed by atoms with van der Waals surface area (Å²) in [6.07, 6.45) is 12.4. The van der Waals surface area contributed by atoms with E-state index in [1.807, 2.05) is 23.0 Å². The van der Waals surface area contributed by atoms with Gasteiger partial charge in [0, 0.05) is 44.3 Å². The van der Waals surface area contributed by atoms with Crippen molar-refractivity contribution in [3.05, 3.63) is 71.9 Å². The lowest BCUT2D eigenvalue weighted by molar-refractivity contribution is 0.207. The van der Waals surface area contributed by atoms with E-state index in [1.165, 1.54) is 18.4 Å². The van der Waals surface area contributed by atoms with E-state index in [0.29, 0.717) is 19.2 Å². The number of aromatic nitrogens is 3. The minimum absolute atomic E-state index is 0.343. The largest absolute Gasteiger partial charge is 0.490 e. The van der Waals surface area contributed by atoms with Gasteiger partial charge in [-0.15, -0.1) is 0 Å². The average molecular weight is 419 g/mol. The van der Waals surface area contributed by atoms with E-state index in [-0.39, 0.29) is 0 Å². The first-order valence-corrected chi connectivity index (χ1v) is 10.9. The Kier molecular flexibility index (Phi) is 6.82. The maximum absolute atomic E-state index is 6.31. The van der Waals surface area contributed by atoms with Crippen LogP contribution in [-0.4, -0.2) is 33.6 Å². The standard InChI is InChI=1S/C24H30N6O/c1-18-7-9-20(22(13-18)31-21-5-3-4-6-21)16-29-24(25-2)28-15-19-8-10-23(27-14-19)30-12-11-26-17-30/h7-14,17,21H,3-6,15-16H2,1-2H3,(H2,25,28,29). The number of guanidine groups is 1. The molecule has 0 aliphatic heterocycles. The molecule has 0 atom stereocenters. The third-order valence-corrected chi connectivity index (χ3v) is 5.53. The molecule has 0 bridgehead atoms. The molecule has 2 aromatic heterocycles. The van der Waals surface area contributed by atoms with Crippen LogP contribution in [0.25, 0.3) is 5.82 Å². The minimum Gasteiger partial charge on any atom is -0.490 e. The van der Waals surface area contributed by atoms with Gasteiger partial charge < -0.3 is 15.4 Å². The molecule has 1 aliphatic rings. The maximum atomic E-state index is 6.31. The number of nitrogens with zero attached hydrogens (tertiary/aromatic N) is 4. The predicted octanol–water partition coefficient (Wildman–Crippen LogP) is 3.76. The molecule has 0 spiro atoms. The van der Waals surface area contributed by atoms with Crippen molar-refractivity contribution in [2.45, 2.75) is 51.8 Å². The topological polar surface area (TPSA) is 76.4 Å². The molecule has 1 fully saturated rings. The SMILES string of the molecule is CN=C(NCc1ccc(-n2ccnc2)nc1)NCc1ccc(C)cc1OC1CCCC1. The molecule has 31 heavy (non-hydrogen) atoms. The first-order chi connectivity index (χ1) is 15.2. The zero-order chi connectivity index (χ0) is 21.5. The van der Waals surface area contributed by atoms with Gasteiger partial charge in [-0.2, -0.15) is 0 Å². The van der Waals surface area contributed by atoms with Crippen molar-refractivity contribution in [3.63, 3.8) is 0 Å². The molecular formula is C24H30N6O. The molecule has 0 saturated heterocycles. The van der Waals surface area contributed by atoms with Crippen molar-refractivity contribution >= 4 is 5.96 Å². The molecule has 3 aromatic rings. The third-order valence-electron chi connectivity index (χ3n) is 5.53. The van der Waals surface area contributed by atoms with E-state index in [2.05, 4.69) is 56.8 Å². The second-order valence-electron chi connectivity index (χ2n) is 7.91. The number of pyridine rings is 1. The lowest BCUT2D eigenvalue weighted by atomic mass is 10.1. The summed E-state index contributed by atoms with van der Waals surface area (Å²) in [6, 6.07) is 10.4. The van der Waals surface area contributed by atoms with Crippen LogP contribution in [0.1, 0.15) is 42.4 Å². The third kappa shape index (κ3) is 5.63. The van der Waals surface area contributed by atoms with Crippen LogP contribution in [0.5, 0.6) is 5.75 Å². The van der Waals surface area contributed by atoms with E-state index in [9.17, 15) is 0 Å². The fourth-order valence-corrected chi connectivity index (χ4v) is 3.76. The second-order valence-corrected chi connectivity index (χ2v) is 7.91. The molecule has 0 amide bonds. The fraction of sp³-hybridized carbons (Fsp3) is 0.375. The molecule has 7 heteroatoms. The normalized spacial score (nSPS) is 14.6. The Balaban J connectivity index is 1.32. The molecule has 1 aliphatic carbocycles. The van der Waals surface area contributed by atoms with Gasteiger partial charge in [-0.25, -0.2) is 9.97 Å². The van der Waals surface area contributed by atoms with Crippen LogP contribution in [0.4, 0.5) is 0 Å². The molecule has 2 heterocycles. The molecule has 1 aromatic carbocycles. The van der Waals surface area contributed by atoms with Gasteiger partial charge >= 0.3 is 0 Å². The van der Waals surface area contributed by atoms with Crippen molar-refractivity contribution in [3.8, 4) is 11.6 Å². The molecule has 0 radical (unpaired) electrons. The van der Waals surface area contributed by atoms with Gasteiger partial charge in [0.15, 0.2) is 5.96 Å². The monoisotopic (exact) mass is 418 g/mol. The number of imidazole rings is 1. The molecule has 1 saturated carbocycles. The average Bonchev–Trinajstić information content (AvgIpc) is 3.50. The minimum atomic E-state index is 0.343. The van der Waals surface area contributed by atoms with Crippen LogP contribution >= 0.6 is 0 Å². The van der Waals surface area contributed by atoms with E-state index in [0.717, 1.165) is 41.5 Å². The Morgan fingerprint density at radius 2 is 2.00 bits per heavy atom. The number of nitrogens with one attached hydrogen (secondary N) is 2. The highest BCUT2D eigenvalue weighted by molar-refractivity contribution is 5.79. The summed E-state index contributed by atoms with van der Waals surface area (Å²) in [7, 11) is 1.78. The lowest BCUT2D eigenvalue weighted by Crippen LogP contribution is -2.36. The highest BCUT2D eigenvalue weighted by Gasteiger charge is 2.18. The molecule has 0 unspecified atom stereocenters. The van der Waals surface area contributed by atoms with Crippen molar-refractivity contribution in [2.24, 2.45) is 4.99 Å². The van der Waals surface area contributed by atoms with Gasteiger partial charge in [-0.1, -0.05) is 18.2 Å². The van der Waals surface area contributed by atoms with Crippen LogP contribution in [0.15, 0.2) is 60.2 Å². The molecular weight excluding hydrogens is 388 g/mol. The zero-order valence-corrected chi connectivity index (χ0v) is 18.2. The van der Waals surface area contributed by atoms with Crippen molar-refractivity contribution in [1.29, 1.82) is 0 Å². The van der Waals surface area contributed by atoms with Gasteiger partial charge in [-0.05, 0) is 55.9 Å². The molecule has 2 N–H and O–H groups in total. The summed E-state index contributed by atoms with van der Waals surface area (Å²) < 4.78 is 8.19. The number of aliphatic imine (C=N–C) groups is 1. The van der Waals surface area contributed by atoms with Crippen LogP contribution < -0.4 is 15.4 Å². The quantitative estimate of drug-likeness (QED) is 0.451. The van der Waals surface area contributed by atoms with E-state index >= 15 is 0 Å². The Labute approximate surface area is 183 Å². The van der Waals surface area contributed by atoms with E-state index in [4.69, 9.17) is 4.74 Å². The predicted molar refractivity (Wildman–Crippen MR) is 122 cm³/mol. The van der Waals surface area contributed by atoms with Crippen molar-refractivity contribution in [2.75, 3.05) is 7.05 Å². The first kappa shape index (κ1) is 20.9. The zero-order valence-electron chi connectivity index (χ0n) is 18.2. The van der Waals surface area contributed by atoms with Crippen LogP contribution in [0.3, 0.4) is 0 Å². The van der Waals surface area contributed by atoms with Gasteiger partial charge in [0.25, 0.3) is 0 Å². The van der Waals surface area contributed by atoms with Gasteiger partial charge in [0.1, 0.15) is 17.9 Å². The highest BCUT2D eigenvalue weighted by atomic mass is 16.5. The molecule has 7 nitrogen and oxygen atoms in total. The number of hydrogen-bond donors (Lipinski definition) is 2. The van der Waals surface area contributed by atoms with Gasteiger partial charge in [-0.3, -0.25) is 9.56 Å².